The van der Waals surface area contributed by atoms with Crippen molar-refractivity contribution in [2.24, 2.45) is 0 Å². The van der Waals surface area contributed by atoms with Crippen LogP contribution in [0.5, 0.6) is 0 Å². The van der Waals surface area contributed by atoms with Gasteiger partial charge in [0.25, 0.3) is 0 Å². The second-order valence-electron chi connectivity index (χ2n) is 3.62. The predicted molar refractivity (Wildman–Crippen MR) is 86.4 cm³/mol. The Labute approximate surface area is 128 Å². The number of fused-ring (bicyclic) bond motifs is 1. The van der Waals surface area contributed by atoms with E-state index in [0.717, 1.165) is 22.6 Å². The van der Waals surface area contributed by atoms with Crippen LogP contribution in [-0.2, 0) is 0 Å². The summed E-state index contributed by atoms with van der Waals surface area (Å²) in [5.41, 5.74) is 3.03. The Morgan fingerprint density at radius 1 is 1.00 bits per heavy atom. The summed E-state index contributed by atoms with van der Waals surface area (Å²) in [6.45, 7) is 0. The minimum absolute atomic E-state index is 0. The van der Waals surface area contributed by atoms with Gasteiger partial charge in [0.1, 0.15) is 5.69 Å². The molecule has 100 valence electrons. The molecule has 0 bridgehead atoms. The molecule has 0 radical (unpaired) electrons. The van der Waals surface area contributed by atoms with E-state index in [4.69, 9.17) is 0 Å². The highest BCUT2D eigenvalue weighted by atomic mass is 35.5. The van der Waals surface area contributed by atoms with E-state index in [1.807, 2.05) is 42.7 Å². The fourth-order valence-electron chi connectivity index (χ4n) is 1.85. The van der Waals surface area contributed by atoms with E-state index in [0.29, 0.717) is 0 Å². The molecular weight excluding hydrogens is 301 g/mol. The summed E-state index contributed by atoms with van der Waals surface area (Å²) >= 11 is 1.64. The van der Waals surface area contributed by atoms with Crippen molar-refractivity contribution in [3.8, 4) is 11.5 Å². The molecule has 0 atom stereocenters. The number of hydrogen-bond donors (Lipinski definition) is 0. The number of benzene rings is 1. The fraction of sp³-hybridized carbons (Fsp3) is 0.0769. The summed E-state index contributed by atoms with van der Waals surface area (Å²) in [5.74, 6) is 0.902. The largest absolute Gasteiger partial charge is 0.264 e. The second-order valence-corrected chi connectivity index (χ2v) is 4.35. The Balaban J connectivity index is 0.000000902. The number of rotatable bonds is 2. The van der Waals surface area contributed by atoms with E-state index < -0.39 is 0 Å². The van der Waals surface area contributed by atoms with Crippen molar-refractivity contribution in [1.82, 2.24) is 13.9 Å². The third-order valence-electron chi connectivity index (χ3n) is 2.60. The molecule has 2 heterocycles. The zero-order valence-electron chi connectivity index (χ0n) is 10.2. The number of pyridine rings is 1. The molecule has 19 heavy (non-hydrogen) atoms. The van der Waals surface area contributed by atoms with Crippen molar-refractivity contribution in [1.29, 1.82) is 0 Å². The summed E-state index contributed by atoms with van der Waals surface area (Å²) in [6.07, 6.45) is 3.83. The van der Waals surface area contributed by atoms with Crippen molar-refractivity contribution in [2.45, 2.75) is 0 Å². The zero-order valence-corrected chi connectivity index (χ0v) is 12.6. The van der Waals surface area contributed by atoms with E-state index in [1.54, 1.807) is 18.1 Å². The van der Waals surface area contributed by atoms with Crippen LogP contribution in [0.2, 0.25) is 0 Å². The quantitative estimate of drug-likeness (QED) is 0.714. The minimum Gasteiger partial charge on any atom is -0.264 e. The van der Waals surface area contributed by atoms with Crippen LogP contribution in [0, 0.1) is 0 Å². The standard InChI is InChI=1S/C13H11N3S.2ClH/c1-17-16-12-8-3-2-6-10(12)15-13(16)11-7-4-5-9-14-11;;/h2-9H,1H3;2*1H. The molecule has 3 nitrogen and oxygen atoms in total. The average molecular weight is 314 g/mol. The first-order valence-corrected chi connectivity index (χ1v) is 6.51. The lowest BCUT2D eigenvalue weighted by atomic mass is 10.3. The van der Waals surface area contributed by atoms with E-state index in [1.165, 1.54) is 0 Å². The van der Waals surface area contributed by atoms with Gasteiger partial charge in [-0.15, -0.1) is 24.8 Å². The van der Waals surface area contributed by atoms with Gasteiger partial charge >= 0.3 is 0 Å². The van der Waals surface area contributed by atoms with Crippen molar-refractivity contribution in [2.75, 3.05) is 6.26 Å². The van der Waals surface area contributed by atoms with E-state index in [9.17, 15) is 0 Å². The van der Waals surface area contributed by atoms with Crippen LogP contribution >= 0.6 is 36.8 Å². The van der Waals surface area contributed by atoms with E-state index in [-0.39, 0.29) is 24.8 Å². The minimum atomic E-state index is 0. The highest BCUT2D eigenvalue weighted by Gasteiger charge is 2.11. The van der Waals surface area contributed by atoms with E-state index >= 15 is 0 Å². The first-order chi connectivity index (χ1) is 8.40. The van der Waals surface area contributed by atoms with Gasteiger partial charge in [0.2, 0.25) is 0 Å². The van der Waals surface area contributed by atoms with Gasteiger partial charge in [-0.25, -0.2) is 4.98 Å². The Bertz CT molecular complexity index is 655. The normalized spacial score (nSPS) is 9.74. The number of imidazole rings is 1. The number of para-hydroxylation sites is 2. The molecule has 1 aromatic carbocycles. The van der Waals surface area contributed by atoms with Gasteiger partial charge in [0, 0.05) is 12.5 Å². The molecule has 0 fully saturated rings. The molecule has 0 aliphatic rings. The third kappa shape index (κ3) is 2.86. The predicted octanol–water partition coefficient (Wildman–Crippen LogP) is 4.07. The van der Waals surface area contributed by atoms with Crippen molar-refractivity contribution < 1.29 is 0 Å². The fourth-order valence-corrected chi connectivity index (χ4v) is 2.50. The summed E-state index contributed by atoms with van der Waals surface area (Å²) in [5, 5.41) is 0. The van der Waals surface area contributed by atoms with Crippen molar-refractivity contribution >= 4 is 47.8 Å². The summed E-state index contributed by atoms with van der Waals surface area (Å²) < 4.78 is 2.11. The maximum absolute atomic E-state index is 4.63. The number of hydrogen-bond acceptors (Lipinski definition) is 3. The molecule has 0 saturated carbocycles. The van der Waals surface area contributed by atoms with Crippen LogP contribution in [-0.4, -0.2) is 20.2 Å². The van der Waals surface area contributed by atoms with Crippen LogP contribution in [0.3, 0.4) is 0 Å². The van der Waals surface area contributed by atoms with Gasteiger partial charge in [-0.3, -0.25) is 8.96 Å². The first-order valence-electron chi connectivity index (χ1n) is 5.33. The maximum atomic E-state index is 4.63. The molecule has 0 spiro atoms. The van der Waals surface area contributed by atoms with Crippen molar-refractivity contribution in [3.05, 3.63) is 48.7 Å². The van der Waals surface area contributed by atoms with Crippen LogP contribution in [0.4, 0.5) is 0 Å². The summed E-state index contributed by atoms with van der Waals surface area (Å²) in [7, 11) is 0. The highest BCUT2D eigenvalue weighted by molar-refractivity contribution is 7.97. The smallest absolute Gasteiger partial charge is 0.170 e. The van der Waals surface area contributed by atoms with E-state index in [2.05, 4.69) is 20.0 Å². The molecule has 0 amide bonds. The van der Waals surface area contributed by atoms with Crippen LogP contribution in [0.1, 0.15) is 0 Å². The third-order valence-corrected chi connectivity index (χ3v) is 3.33. The Hall–Kier alpha value is -1.23. The SMILES string of the molecule is CSn1c(-c2ccccn2)nc2ccccc21.Cl.Cl. The van der Waals surface area contributed by atoms with Gasteiger partial charge in [-0.2, -0.15) is 0 Å². The molecule has 0 aliphatic heterocycles. The lowest BCUT2D eigenvalue weighted by Crippen LogP contribution is -1.92. The van der Waals surface area contributed by atoms with Crippen LogP contribution in [0.15, 0.2) is 48.7 Å². The number of nitrogens with zero attached hydrogens (tertiary/aromatic N) is 3. The summed E-state index contributed by atoms with van der Waals surface area (Å²) in [6, 6.07) is 14.0. The average Bonchev–Trinajstić information content (AvgIpc) is 2.78. The first kappa shape index (κ1) is 15.8. The van der Waals surface area contributed by atoms with Gasteiger partial charge in [0.05, 0.1) is 11.0 Å². The van der Waals surface area contributed by atoms with Gasteiger partial charge in [-0.1, -0.05) is 18.2 Å². The Morgan fingerprint density at radius 2 is 1.74 bits per heavy atom. The van der Waals surface area contributed by atoms with Crippen LogP contribution in [0.25, 0.3) is 22.6 Å². The molecule has 0 unspecified atom stereocenters. The molecule has 3 aromatic rings. The molecular formula is C13H13Cl2N3S. The van der Waals surface area contributed by atoms with Gasteiger partial charge < -0.3 is 0 Å². The second kappa shape index (κ2) is 6.80. The number of aromatic nitrogens is 3. The lowest BCUT2D eigenvalue weighted by Gasteiger charge is -2.03. The topological polar surface area (TPSA) is 30.7 Å². The molecule has 0 saturated heterocycles. The molecule has 2 aromatic heterocycles. The molecule has 3 rings (SSSR count). The highest BCUT2D eigenvalue weighted by Crippen LogP contribution is 2.26. The monoisotopic (exact) mass is 313 g/mol. The van der Waals surface area contributed by atoms with Crippen molar-refractivity contribution in [3.63, 3.8) is 0 Å². The van der Waals surface area contributed by atoms with Crippen LogP contribution < -0.4 is 0 Å². The maximum Gasteiger partial charge on any atom is 0.170 e. The zero-order chi connectivity index (χ0) is 11.7. The molecule has 6 heteroatoms. The number of halogens is 2. The lowest BCUT2D eigenvalue weighted by molar-refractivity contribution is 1.20. The van der Waals surface area contributed by atoms with Gasteiger partial charge in [0.15, 0.2) is 5.82 Å². The molecule has 0 aliphatic carbocycles. The summed E-state index contributed by atoms with van der Waals surface area (Å²) in [4.78, 5) is 8.99. The Kier molecular flexibility index (Phi) is 5.66. The molecule has 0 N–H and O–H groups in total. The Morgan fingerprint density at radius 3 is 2.42 bits per heavy atom. The van der Waals surface area contributed by atoms with Gasteiger partial charge in [-0.05, 0) is 36.2 Å².